The van der Waals surface area contributed by atoms with E-state index in [0.717, 1.165) is 44.8 Å². The van der Waals surface area contributed by atoms with Crippen LogP contribution in [0.4, 0.5) is 5.82 Å². The van der Waals surface area contributed by atoms with E-state index in [9.17, 15) is 4.79 Å². The number of piperidine rings is 1. The number of amidine groups is 1. The molecular formula is C20H31N5O2. The number of amides is 1. The van der Waals surface area contributed by atoms with Gasteiger partial charge < -0.3 is 20.4 Å². The van der Waals surface area contributed by atoms with E-state index in [1.807, 2.05) is 17.0 Å². The van der Waals surface area contributed by atoms with Crippen molar-refractivity contribution in [2.75, 3.05) is 31.1 Å². The SMILES string of the molecule is CC(ON=C(N)c1ccc(N2CCCCC2)nc1)C(=O)N1CCCCCC1. The molecule has 0 radical (unpaired) electrons. The molecule has 0 bridgehead atoms. The van der Waals surface area contributed by atoms with Crippen LogP contribution in [0.3, 0.4) is 0 Å². The summed E-state index contributed by atoms with van der Waals surface area (Å²) in [4.78, 5) is 26.6. The minimum atomic E-state index is -0.637. The Balaban J connectivity index is 1.55. The number of nitrogens with two attached hydrogens (primary N) is 1. The van der Waals surface area contributed by atoms with E-state index in [-0.39, 0.29) is 11.7 Å². The fourth-order valence-electron chi connectivity index (χ4n) is 3.63. The Morgan fingerprint density at radius 1 is 1.07 bits per heavy atom. The second-order valence-electron chi connectivity index (χ2n) is 7.42. The van der Waals surface area contributed by atoms with Crippen molar-refractivity contribution in [1.82, 2.24) is 9.88 Å². The van der Waals surface area contributed by atoms with E-state index >= 15 is 0 Å². The molecule has 7 heteroatoms. The van der Waals surface area contributed by atoms with Gasteiger partial charge in [0.05, 0.1) is 0 Å². The van der Waals surface area contributed by atoms with E-state index in [1.165, 1.54) is 32.1 Å². The molecule has 3 heterocycles. The van der Waals surface area contributed by atoms with Crippen LogP contribution >= 0.6 is 0 Å². The highest BCUT2D eigenvalue weighted by Crippen LogP contribution is 2.17. The number of rotatable bonds is 5. The first-order valence-electron chi connectivity index (χ1n) is 10.1. The van der Waals surface area contributed by atoms with Gasteiger partial charge in [-0.2, -0.15) is 0 Å². The van der Waals surface area contributed by atoms with Crippen LogP contribution in [0, 0.1) is 0 Å². The van der Waals surface area contributed by atoms with Gasteiger partial charge in [0.25, 0.3) is 5.91 Å². The van der Waals surface area contributed by atoms with Gasteiger partial charge in [0.1, 0.15) is 5.82 Å². The van der Waals surface area contributed by atoms with Crippen LogP contribution in [0.2, 0.25) is 0 Å². The van der Waals surface area contributed by atoms with Crippen LogP contribution in [0.25, 0.3) is 0 Å². The topological polar surface area (TPSA) is 84.0 Å². The minimum absolute atomic E-state index is 0.0213. The van der Waals surface area contributed by atoms with Crippen LogP contribution in [-0.4, -0.2) is 53.9 Å². The van der Waals surface area contributed by atoms with Crippen LogP contribution in [0.5, 0.6) is 0 Å². The summed E-state index contributed by atoms with van der Waals surface area (Å²) in [6, 6.07) is 3.87. The van der Waals surface area contributed by atoms with Crippen molar-refractivity contribution in [3.63, 3.8) is 0 Å². The smallest absolute Gasteiger partial charge is 0.266 e. The number of oxime groups is 1. The van der Waals surface area contributed by atoms with Crippen molar-refractivity contribution < 1.29 is 9.63 Å². The van der Waals surface area contributed by atoms with E-state index < -0.39 is 6.10 Å². The zero-order valence-electron chi connectivity index (χ0n) is 16.3. The molecule has 1 unspecified atom stereocenters. The number of pyridine rings is 1. The van der Waals surface area contributed by atoms with E-state index in [0.29, 0.717) is 5.56 Å². The zero-order valence-corrected chi connectivity index (χ0v) is 16.3. The molecule has 2 saturated heterocycles. The summed E-state index contributed by atoms with van der Waals surface area (Å²) < 4.78 is 0. The fraction of sp³-hybridized carbons (Fsp3) is 0.650. The van der Waals surface area contributed by atoms with Crippen molar-refractivity contribution in [2.24, 2.45) is 10.9 Å². The number of hydrogen-bond acceptors (Lipinski definition) is 5. The van der Waals surface area contributed by atoms with Crippen molar-refractivity contribution in [3.8, 4) is 0 Å². The largest absolute Gasteiger partial charge is 0.381 e. The van der Waals surface area contributed by atoms with Gasteiger partial charge in [-0.25, -0.2) is 4.98 Å². The molecule has 3 rings (SSSR count). The quantitative estimate of drug-likeness (QED) is 0.487. The summed E-state index contributed by atoms with van der Waals surface area (Å²) >= 11 is 0. The molecule has 0 aliphatic carbocycles. The molecule has 7 nitrogen and oxygen atoms in total. The van der Waals surface area contributed by atoms with E-state index in [4.69, 9.17) is 10.6 Å². The molecule has 1 aromatic heterocycles. The van der Waals surface area contributed by atoms with E-state index in [1.54, 1.807) is 13.1 Å². The second-order valence-corrected chi connectivity index (χ2v) is 7.42. The Morgan fingerprint density at radius 3 is 2.33 bits per heavy atom. The maximum absolute atomic E-state index is 12.5. The molecule has 1 atom stereocenters. The number of carbonyl (C=O) groups is 1. The molecule has 2 N–H and O–H groups in total. The summed E-state index contributed by atoms with van der Waals surface area (Å²) in [6.45, 7) is 5.42. The highest BCUT2D eigenvalue weighted by Gasteiger charge is 2.23. The third-order valence-corrected chi connectivity index (χ3v) is 5.30. The molecule has 1 amide bonds. The lowest BCUT2D eigenvalue weighted by Gasteiger charge is -2.27. The fourth-order valence-corrected chi connectivity index (χ4v) is 3.63. The van der Waals surface area contributed by atoms with Gasteiger partial charge in [-0.15, -0.1) is 0 Å². The van der Waals surface area contributed by atoms with Gasteiger partial charge >= 0.3 is 0 Å². The van der Waals surface area contributed by atoms with Gasteiger partial charge in [-0.1, -0.05) is 18.0 Å². The molecule has 0 saturated carbocycles. The monoisotopic (exact) mass is 373 g/mol. The molecule has 2 aliphatic heterocycles. The van der Waals surface area contributed by atoms with Crippen molar-refractivity contribution in [3.05, 3.63) is 23.9 Å². The predicted octanol–water partition coefficient (Wildman–Crippen LogP) is 2.50. The van der Waals surface area contributed by atoms with E-state index in [2.05, 4.69) is 15.0 Å². The molecule has 0 aromatic carbocycles. The minimum Gasteiger partial charge on any atom is -0.381 e. The second kappa shape index (κ2) is 9.58. The van der Waals surface area contributed by atoms with Crippen molar-refractivity contribution >= 4 is 17.6 Å². The summed E-state index contributed by atoms with van der Waals surface area (Å²) in [5.74, 6) is 1.19. The van der Waals surface area contributed by atoms with Crippen molar-refractivity contribution in [1.29, 1.82) is 0 Å². The first kappa shape index (κ1) is 19.5. The van der Waals surface area contributed by atoms with Crippen molar-refractivity contribution in [2.45, 2.75) is 58.0 Å². The standard InChI is InChI=1S/C20H31N5O2/c1-16(20(26)25-13-5-2-3-6-14-25)27-23-19(21)17-9-10-18(22-15-17)24-11-7-4-8-12-24/h9-10,15-16H,2-8,11-14H2,1H3,(H2,21,23). The molecule has 1 aromatic rings. The molecule has 2 fully saturated rings. The van der Waals surface area contributed by atoms with Crippen LogP contribution in [0.1, 0.15) is 57.4 Å². The third-order valence-electron chi connectivity index (χ3n) is 5.30. The predicted molar refractivity (Wildman–Crippen MR) is 107 cm³/mol. The van der Waals surface area contributed by atoms with Crippen LogP contribution in [-0.2, 0) is 9.63 Å². The number of likely N-dealkylation sites (tertiary alicyclic amines) is 1. The number of aromatic nitrogens is 1. The number of carbonyl (C=O) groups excluding carboxylic acids is 1. The first-order valence-corrected chi connectivity index (χ1v) is 10.1. The number of nitrogens with zero attached hydrogens (tertiary/aromatic N) is 4. The highest BCUT2D eigenvalue weighted by atomic mass is 16.6. The van der Waals surface area contributed by atoms with Gasteiger partial charge in [0.15, 0.2) is 5.84 Å². The average molecular weight is 374 g/mol. The maximum atomic E-state index is 12.5. The Labute approximate surface area is 161 Å². The lowest BCUT2D eigenvalue weighted by Crippen LogP contribution is -2.39. The molecular weight excluding hydrogens is 342 g/mol. The summed E-state index contributed by atoms with van der Waals surface area (Å²) in [6.07, 6.45) is 9.27. The van der Waals surface area contributed by atoms with Gasteiger partial charge in [-0.05, 0) is 51.2 Å². The molecule has 0 spiro atoms. The Bertz CT molecular complexity index is 632. The normalized spacial score (nSPS) is 20.1. The molecule has 148 valence electrons. The van der Waals surface area contributed by atoms with Gasteiger partial charge in [-0.3, -0.25) is 4.79 Å². The average Bonchev–Trinajstić information content (AvgIpc) is 3.01. The summed E-state index contributed by atoms with van der Waals surface area (Å²) in [5.41, 5.74) is 6.72. The number of hydrogen-bond donors (Lipinski definition) is 1. The third kappa shape index (κ3) is 5.34. The molecule has 27 heavy (non-hydrogen) atoms. The summed E-state index contributed by atoms with van der Waals surface area (Å²) in [5, 5.41) is 3.97. The Kier molecular flexibility index (Phi) is 6.90. The van der Waals surface area contributed by atoms with Crippen LogP contribution in [0.15, 0.2) is 23.5 Å². The van der Waals surface area contributed by atoms with Gasteiger partial charge in [0, 0.05) is 37.9 Å². The maximum Gasteiger partial charge on any atom is 0.266 e. The van der Waals surface area contributed by atoms with Gasteiger partial charge in [0.2, 0.25) is 6.10 Å². The molecule has 2 aliphatic rings. The first-order chi connectivity index (χ1) is 13.1. The highest BCUT2D eigenvalue weighted by molar-refractivity contribution is 5.97. The number of anilines is 1. The summed E-state index contributed by atoms with van der Waals surface area (Å²) in [7, 11) is 0. The Hall–Kier alpha value is -2.31. The van der Waals surface area contributed by atoms with Crippen LogP contribution < -0.4 is 10.6 Å². The lowest BCUT2D eigenvalue weighted by molar-refractivity contribution is -0.142. The lowest BCUT2D eigenvalue weighted by atomic mass is 10.1. The zero-order chi connectivity index (χ0) is 19.1. The Morgan fingerprint density at radius 2 is 1.70 bits per heavy atom.